The number of aromatic amines is 1. The highest BCUT2D eigenvalue weighted by atomic mass is 32.1. The lowest BCUT2D eigenvalue weighted by Gasteiger charge is -2.19. The summed E-state index contributed by atoms with van der Waals surface area (Å²) in [4.78, 5) is 4.81. The molecule has 3 heterocycles. The molecule has 1 aliphatic rings. The number of fused-ring (bicyclic) bond motifs is 1. The smallest absolute Gasteiger partial charge is 0.144 e. The summed E-state index contributed by atoms with van der Waals surface area (Å²) in [5.74, 6) is 0.541. The number of H-pyrrole nitrogens is 1. The van der Waals surface area contributed by atoms with Crippen LogP contribution in [0.5, 0.6) is 0 Å². The highest BCUT2D eigenvalue weighted by Crippen LogP contribution is 2.33. The Labute approximate surface area is 120 Å². The van der Waals surface area contributed by atoms with E-state index < -0.39 is 0 Å². The van der Waals surface area contributed by atoms with E-state index in [4.69, 9.17) is 9.72 Å². The van der Waals surface area contributed by atoms with Gasteiger partial charge in [0.15, 0.2) is 0 Å². The first-order valence-electron chi connectivity index (χ1n) is 6.88. The summed E-state index contributed by atoms with van der Waals surface area (Å²) in [7, 11) is 0. The zero-order valence-electron chi connectivity index (χ0n) is 11.0. The average Bonchev–Trinajstić information content (AvgIpc) is 3.14. The third kappa shape index (κ3) is 2.03. The summed E-state index contributed by atoms with van der Waals surface area (Å²) in [5.41, 5.74) is 3.22. The van der Waals surface area contributed by atoms with E-state index in [1.165, 1.54) is 5.69 Å². The van der Waals surface area contributed by atoms with E-state index in [1.807, 2.05) is 18.2 Å². The van der Waals surface area contributed by atoms with Crippen molar-refractivity contribution < 1.29 is 4.74 Å². The van der Waals surface area contributed by atoms with Crippen molar-refractivity contribution in [3.05, 3.63) is 35.3 Å². The largest absolute Gasteiger partial charge is 0.381 e. The molecule has 0 radical (unpaired) electrons. The van der Waals surface area contributed by atoms with E-state index >= 15 is 0 Å². The molecule has 0 unspecified atom stereocenters. The molecule has 0 aliphatic carbocycles. The molecule has 4 nitrogen and oxygen atoms in total. The Hall–Kier alpha value is -1.72. The highest BCUT2D eigenvalue weighted by molar-refractivity contribution is 7.13. The van der Waals surface area contributed by atoms with Crippen LogP contribution in [0.4, 0.5) is 0 Å². The fourth-order valence-corrected chi connectivity index (χ4v) is 3.61. The molecule has 1 aromatic carbocycles. The second-order valence-electron chi connectivity index (χ2n) is 5.08. The van der Waals surface area contributed by atoms with Crippen LogP contribution in [0.15, 0.2) is 29.6 Å². The molecule has 1 aliphatic heterocycles. The molecule has 0 spiro atoms. The summed E-state index contributed by atoms with van der Waals surface area (Å²) < 4.78 is 5.42. The number of thiazole rings is 1. The molecule has 5 heteroatoms. The van der Waals surface area contributed by atoms with Crippen molar-refractivity contribution >= 4 is 22.2 Å². The number of para-hydroxylation sites is 1. The molecule has 102 valence electrons. The molecule has 3 aromatic rings. The summed E-state index contributed by atoms with van der Waals surface area (Å²) >= 11 is 1.68. The van der Waals surface area contributed by atoms with E-state index in [2.05, 4.69) is 21.6 Å². The number of nitrogens with one attached hydrogen (secondary N) is 1. The van der Waals surface area contributed by atoms with Crippen molar-refractivity contribution in [1.29, 1.82) is 0 Å². The first-order chi connectivity index (χ1) is 9.92. The van der Waals surface area contributed by atoms with Gasteiger partial charge in [0.25, 0.3) is 0 Å². The average molecular weight is 285 g/mol. The van der Waals surface area contributed by atoms with E-state index in [0.29, 0.717) is 5.92 Å². The fraction of sp³-hybridized carbons (Fsp3) is 0.333. The minimum absolute atomic E-state index is 0.541. The van der Waals surface area contributed by atoms with Gasteiger partial charge in [-0.2, -0.15) is 5.10 Å². The van der Waals surface area contributed by atoms with Crippen molar-refractivity contribution in [1.82, 2.24) is 15.2 Å². The molecule has 1 fully saturated rings. The Kier molecular flexibility index (Phi) is 3.01. The number of nitrogens with zero attached hydrogens (tertiary/aromatic N) is 2. The SMILES string of the molecule is c1ccc2c(-c3nc(C4CCOCC4)cs3)n[nH]c2c1. The number of hydrogen-bond acceptors (Lipinski definition) is 4. The first kappa shape index (κ1) is 12.1. The molecule has 1 saturated heterocycles. The molecule has 2 aromatic heterocycles. The van der Waals surface area contributed by atoms with Gasteiger partial charge in [-0.1, -0.05) is 18.2 Å². The molecule has 0 atom stereocenters. The third-order valence-electron chi connectivity index (χ3n) is 3.83. The standard InChI is InChI=1S/C15H15N3OS/c1-2-4-12-11(3-1)14(18-17-12)15-16-13(9-20-15)10-5-7-19-8-6-10/h1-4,9-10H,5-8H2,(H,17,18). The number of hydrogen-bond donors (Lipinski definition) is 1. The Morgan fingerprint density at radius 2 is 2.05 bits per heavy atom. The second-order valence-corrected chi connectivity index (χ2v) is 5.94. The topological polar surface area (TPSA) is 50.8 Å². The highest BCUT2D eigenvalue weighted by Gasteiger charge is 2.20. The molecule has 0 amide bonds. The Morgan fingerprint density at radius 1 is 1.20 bits per heavy atom. The van der Waals surface area contributed by atoms with E-state index in [-0.39, 0.29) is 0 Å². The molecule has 0 saturated carbocycles. The number of ether oxygens (including phenoxy) is 1. The third-order valence-corrected chi connectivity index (χ3v) is 4.70. The van der Waals surface area contributed by atoms with E-state index in [0.717, 1.165) is 47.7 Å². The van der Waals surface area contributed by atoms with Crippen LogP contribution in [0.2, 0.25) is 0 Å². The zero-order chi connectivity index (χ0) is 13.4. The lowest BCUT2D eigenvalue weighted by Crippen LogP contribution is -2.14. The predicted molar refractivity (Wildman–Crippen MR) is 80.0 cm³/mol. The summed E-state index contributed by atoms with van der Waals surface area (Å²) in [6.07, 6.45) is 2.15. The van der Waals surface area contributed by atoms with Crippen molar-refractivity contribution in [2.24, 2.45) is 0 Å². The maximum Gasteiger partial charge on any atom is 0.144 e. The van der Waals surface area contributed by atoms with Crippen molar-refractivity contribution in [3.63, 3.8) is 0 Å². The first-order valence-corrected chi connectivity index (χ1v) is 7.76. The minimum atomic E-state index is 0.541. The van der Waals surface area contributed by atoms with Gasteiger partial charge >= 0.3 is 0 Å². The zero-order valence-corrected chi connectivity index (χ0v) is 11.8. The lowest BCUT2D eigenvalue weighted by atomic mass is 9.97. The van der Waals surface area contributed by atoms with Crippen LogP contribution in [0.3, 0.4) is 0 Å². The van der Waals surface area contributed by atoms with Crippen LogP contribution in [-0.4, -0.2) is 28.4 Å². The van der Waals surface area contributed by atoms with Crippen LogP contribution in [-0.2, 0) is 4.74 Å². The van der Waals surface area contributed by atoms with Gasteiger partial charge in [-0.3, -0.25) is 5.10 Å². The predicted octanol–water partition coefficient (Wildman–Crippen LogP) is 3.58. The van der Waals surface area contributed by atoms with Gasteiger partial charge < -0.3 is 4.74 Å². The lowest BCUT2D eigenvalue weighted by molar-refractivity contribution is 0.0846. The van der Waals surface area contributed by atoms with Crippen molar-refractivity contribution in [3.8, 4) is 10.7 Å². The molecule has 0 bridgehead atoms. The summed E-state index contributed by atoms with van der Waals surface area (Å²) in [6.45, 7) is 1.70. The quantitative estimate of drug-likeness (QED) is 0.783. The molecular formula is C15H15N3OS. The molecular weight excluding hydrogens is 270 g/mol. The van der Waals surface area contributed by atoms with Crippen LogP contribution < -0.4 is 0 Å². The van der Waals surface area contributed by atoms with E-state index in [9.17, 15) is 0 Å². The number of rotatable bonds is 2. The molecule has 4 rings (SSSR count). The van der Waals surface area contributed by atoms with Crippen LogP contribution in [0, 0.1) is 0 Å². The van der Waals surface area contributed by atoms with Gasteiger partial charge in [-0.05, 0) is 18.9 Å². The van der Waals surface area contributed by atoms with Crippen LogP contribution in [0.1, 0.15) is 24.5 Å². The van der Waals surface area contributed by atoms with Gasteiger partial charge in [0, 0.05) is 29.9 Å². The van der Waals surface area contributed by atoms with Crippen molar-refractivity contribution in [2.75, 3.05) is 13.2 Å². The maximum atomic E-state index is 5.42. The summed E-state index contributed by atoms with van der Waals surface area (Å²) in [6, 6.07) is 8.18. The Balaban J connectivity index is 1.70. The van der Waals surface area contributed by atoms with Crippen LogP contribution >= 0.6 is 11.3 Å². The van der Waals surface area contributed by atoms with Gasteiger partial charge in [0.1, 0.15) is 10.7 Å². The number of benzene rings is 1. The van der Waals surface area contributed by atoms with E-state index in [1.54, 1.807) is 11.3 Å². The normalized spacial score (nSPS) is 16.8. The Bertz CT molecular complexity index is 727. The monoisotopic (exact) mass is 285 g/mol. The minimum Gasteiger partial charge on any atom is -0.381 e. The fourth-order valence-electron chi connectivity index (χ4n) is 2.70. The van der Waals surface area contributed by atoms with Crippen molar-refractivity contribution in [2.45, 2.75) is 18.8 Å². The van der Waals surface area contributed by atoms with Gasteiger partial charge in [-0.15, -0.1) is 11.3 Å². The van der Waals surface area contributed by atoms with Crippen LogP contribution in [0.25, 0.3) is 21.6 Å². The summed E-state index contributed by atoms with van der Waals surface area (Å²) in [5, 5.41) is 11.8. The maximum absolute atomic E-state index is 5.42. The van der Waals surface area contributed by atoms with Gasteiger partial charge in [0.2, 0.25) is 0 Å². The van der Waals surface area contributed by atoms with Gasteiger partial charge in [0.05, 0.1) is 11.2 Å². The second kappa shape index (κ2) is 5.00. The molecule has 1 N–H and O–H groups in total. The molecule has 20 heavy (non-hydrogen) atoms. The Morgan fingerprint density at radius 3 is 2.95 bits per heavy atom. The van der Waals surface area contributed by atoms with Gasteiger partial charge in [-0.25, -0.2) is 4.98 Å². The number of aromatic nitrogens is 3.